The van der Waals surface area contributed by atoms with E-state index in [1.807, 2.05) is 39.9 Å². The molecule has 0 atom stereocenters. The number of anilines is 1. The fourth-order valence-corrected chi connectivity index (χ4v) is 2.49. The number of nitrogen functional groups attached to an aromatic ring is 1. The van der Waals surface area contributed by atoms with E-state index in [1.54, 1.807) is 6.20 Å². The molecule has 0 radical (unpaired) electrons. The molecule has 0 unspecified atom stereocenters. The van der Waals surface area contributed by atoms with Crippen LogP contribution in [0.15, 0.2) is 36.9 Å². The number of nitrogens with zero attached hydrogens (tertiary/aromatic N) is 4. The highest BCUT2D eigenvalue weighted by atomic mass is 35.5. The van der Waals surface area contributed by atoms with Gasteiger partial charge in [-0.2, -0.15) is 0 Å². The van der Waals surface area contributed by atoms with Crippen LogP contribution in [0.2, 0.25) is 5.02 Å². The smallest absolute Gasteiger partial charge is 0.201 e. The van der Waals surface area contributed by atoms with Gasteiger partial charge in [0.2, 0.25) is 5.95 Å². The molecule has 0 aliphatic heterocycles. The topological polar surface area (TPSA) is 61.7 Å². The van der Waals surface area contributed by atoms with E-state index in [2.05, 4.69) is 9.97 Å². The quantitative estimate of drug-likeness (QED) is 0.796. The zero-order valence-electron chi connectivity index (χ0n) is 10.3. The fraction of sp³-hybridized carbons (Fsp3) is 0.231. The Labute approximate surface area is 115 Å². The molecule has 2 aromatic heterocycles. The summed E-state index contributed by atoms with van der Waals surface area (Å²) in [6.45, 7) is 1.67. The van der Waals surface area contributed by atoms with Gasteiger partial charge in [-0.15, -0.1) is 0 Å². The van der Waals surface area contributed by atoms with Crippen LogP contribution in [-0.4, -0.2) is 19.1 Å². The maximum atomic E-state index is 6.22. The van der Waals surface area contributed by atoms with Gasteiger partial charge in [-0.3, -0.25) is 0 Å². The minimum absolute atomic E-state index is 0.508. The van der Waals surface area contributed by atoms with Crippen LogP contribution in [0.5, 0.6) is 0 Å². The van der Waals surface area contributed by atoms with Crippen LogP contribution in [0.4, 0.5) is 5.95 Å². The van der Waals surface area contributed by atoms with Gasteiger partial charge in [0.25, 0.3) is 0 Å². The van der Waals surface area contributed by atoms with Crippen molar-refractivity contribution in [1.29, 1.82) is 0 Å². The summed E-state index contributed by atoms with van der Waals surface area (Å²) >= 11 is 6.22. The number of fused-ring (bicyclic) bond motifs is 1. The third-order valence-electron chi connectivity index (χ3n) is 3.10. The molecule has 2 heterocycles. The van der Waals surface area contributed by atoms with E-state index in [-0.39, 0.29) is 0 Å². The molecule has 1 aromatic carbocycles. The van der Waals surface area contributed by atoms with E-state index in [0.717, 1.165) is 30.5 Å². The van der Waals surface area contributed by atoms with Crippen LogP contribution in [0.3, 0.4) is 0 Å². The minimum atomic E-state index is 0.508. The molecule has 3 rings (SSSR count). The van der Waals surface area contributed by atoms with Crippen molar-refractivity contribution in [2.75, 3.05) is 5.73 Å². The molecule has 0 amide bonds. The molecule has 6 heteroatoms. The Morgan fingerprint density at radius 2 is 2.16 bits per heavy atom. The van der Waals surface area contributed by atoms with Crippen molar-refractivity contribution in [3.05, 3.63) is 41.9 Å². The van der Waals surface area contributed by atoms with Crippen molar-refractivity contribution < 1.29 is 0 Å². The summed E-state index contributed by atoms with van der Waals surface area (Å²) in [7, 11) is 0. The molecular weight excluding hydrogens is 262 g/mol. The maximum Gasteiger partial charge on any atom is 0.201 e. The van der Waals surface area contributed by atoms with Gasteiger partial charge in [-0.25, -0.2) is 9.97 Å². The van der Waals surface area contributed by atoms with E-state index in [9.17, 15) is 0 Å². The van der Waals surface area contributed by atoms with Crippen LogP contribution < -0.4 is 5.73 Å². The number of rotatable bonds is 4. The average Bonchev–Trinajstić information content (AvgIpc) is 2.99. The average molecular weight is 276 g/mol. The molecule has 2 N–H and O–H groups in total. The van der Waals surface area contributed by atoms with Gasteiger partial charge in [0.05, 0.1) is 22.4 Å². The maximum absolute atomic E-state index is 6.22. The lowest BCUT2D eigenvalue weighted by Crippen LogP contribution is -2.06. The Bertz CT molecular complexity index is 686. The van der Waals surface area contributed by atoms with Crippen LogP contribution in [-0.2, 0) is 13.1 Å². The van der Waals surface area contributed by atoms with E-state index >= 15 is 0 Å². The first-order valence-corrected chi connectivity index (χ1v) is 6.49. The lowest BCUT2D eigenvalue weighted by molar-refractivity contribution is 0.575. The third-order valence-corrected chi connectivity index (χ3v) is 3.41. The summed E-state index contributed by atoms with van der Waals surface area (Å²) < 4.78 is 4.01. The molecule has 19 heavy (non-hydrogen) atoms. The van der Waals surface area contributed by atoms with Crippen LogP contribution >= 0.6 is 11.6 Å². The van der Waals surface area contributed by atoms with Crippen molar-refractivity contribution in [3.8, 4) is 0 Å². The van der Waals surface area contributed by atoms with E-state index in [0.29, 0.717) is 11.0 Å². The Hall–Kier alpha value is -2.01. The van der Waals surface area contributed by atoms with E-state index < -0.39 is 0 Å². The number of halogens is 1. The third kappa shape index (κ3) is 2.29. The Morgan fingerprint density at radius 1 is 1.26 bits per heavy atom. The van der Waals surface area contributed by atoms with Crippen molar-refractivity contribution >= 4 is 28.6 Å². The fourth-order valence-electron chi connectivity index (χ4n) is 2.22. The van der Waals surface area contributed by atoms with Gasteiger partial charge in [-0.05, 0) is 18.6 Å². The van der Waals surface area contributed by atoms with Gasteiger partial charge < -0.3 is 14.9 Å². The number of benzene rings is 1. The lowest BCUT2D eigenvalue weighted by atomic mass is 10.3. The first kappa shape index (κ1) is 12.0. The van der Waals surface area contributed by atoms with Gasteiger partial charge in [0.1, 0.15) is 0 Å². The molecule has 0 saturated carbocycles. The molecule has 0 aliphatic carbocycles. The number of hydrogen-bond donors (Lipinski definition) is 1. The summed E-state index contributed by atoms with van der Waals surface area (Å²) in [5, 5.41) is 0.685. The molecule has 0 fully saturated rings. The van der Waals surface area contributed by atoms with Gasteiger partial charge in [-0.1, -0.05) is 17.7 Å². The highest BCUT2D eigenvalue weighted by molar-refractivity contribution is 6.35. The number of nitrogens with two attached hydrogens (primary N) is 1. The Kier molecular flexibility index (Phi) is 3.13. The second kappa shape index (κ2) is 4.93. The normalized spacial score (nSPS) is 11.2. The van der Waals surface area contributed by atoms with Crippen molar-refractivity contribution in [1.82, 2.24) is 19.1 Å². The minimum Gasteiger partial charge on any atom is -0.369 e. The number of para-hydroxylation sites is 1. The van der Waals surface area contributed by atoms with Crippen molar-refractivity contribution in [3.63, 3.8) is 0 Å². The number of imidazole rings is 2. The first-order valence-electron chi connectivity index (χ1n) is 6.11. The number of aryl methyl sites for hydroxylation is 2. The summed E-state index contributed by atoms with van der Waals surface area (Å²) in [5.74, 6) is 0.508. The molecule has 0 spiro atoms. The molecule has 5 nitrogen and oxygen atoms in total. The molecular formula is C13H14ClN5. The van der Waals surface area contributed by atoms with Crippen molar-refractivity contribution in [2.24, 2.45) is 0 Å². The van der Waals surface area contributed by atoms with Gasteiger partial charge >= 0.3 is 0 Å². The van der Waals surface area contributed by atoms with Crippen molar-refractivity contribution in [2.45, 2.75) is 19.5 Å². The molecule has 3 aromatic rings. The Balaban J connectivity index is 1.82. The van der Waals surface area contributed by atoms with E-state index in [1.165, 1.54) is 0 Å². The second-order valence-corrected chi connectivity index (χ2v) is 4.79. The molecule has 0 aliphatic rings. The summed E-state index contributed by atoms with van der Waals surface area (Å²) in [4.78, 5) is 8.34. The Morgan fingerprint density at radius 3 is 2.95 bits per heavy atom. The van der Waals surface area contributed by atoms with Gasteiger partial charge in [0.15, 0.2) is 0 Å². The number of hydrogen-bond acceptors (Lipinski definition) is 3. The zero-order chi connectivity index (χ0) is 13.2. The van der Waals surface area contributed by atoms with Crippen LogP contribution in [0.1, 0.15) is 6.42 Å². The monoisotopic (exact) mass is 275 g/mol. The standard InChI is InChI=1S/C13H14ClN5/c14-10-3-1-4-11-12(10)19(13(15)17-11)7-2-6-18-8-5-16-9-18/h1,3-5,8-9H,2,6-7H2,(H2,15,17). The largest absolute Gasteiger partial charge is 0.369 e. The predicted molar refractivity (Wildman–Crippen MR) is 76.0 cm³/mol. The molecule has 0 bridgehead atoms. The van der Waals surface area contributed by atoms with Crippen LogP contribution in [0.25, 0.3) is 11.0 Å². The second-order valence-electron chi connectivity index (χ2n) is 4.38. The molecule has 0 saturated heterocycles. The zero-order valence-corrected chi connectivity index (χ0v) is 11.1. The van der Waals surface area contributed by atoms with Gasteiger partial charge in [0, 0.05) is 25.5 Å². The van der Waals surface area contributed by atoms with Crippen LogP contribution in [0, 0.1) is 0 Å². The predicted octanol–water partition coefficient (Wildman–Crippen LogP) is 2.56. The lowest BCUT2D eigenvalue weighted by Gasteiger charge is -2.07. The highest BCUT2D eigenvalue weighted by Crippen LogP contribution is 2.25. The highest BCUT2D eigenvalue weighted by Gasteiger charge is 2.10. The summed E-state index contributed by atoms with van der Waals surface area (Å²) in [6, 6.07) is 5.66. The summed E-state index contributed by atoms with van der Waals surface area (Å²) in [5.41, 5.74) is 7.71. The summed E-state index contributed by atoms with van der Waals surface area (Å²) in [6.07, 6.45) is 6.47. The number of aromatic nitrogens is 4. The first-order chi connectivity index (χ1) is 9.25. The molecule has 98 valence electrons. The SMILES string of the molecule is Nc1nc2cccc(Cl)c2n1CCCn1ccnc1. The van der Waals surface area contributed by atoms with E-state index in [4.69, 9.17) is 17.3 Å².